The van der Waals surface area contributed by atoms with Crippen molar-refractivity contribution in [3.05, 3.63) is 0 Å². The molecule has 1 aliphatic carbocycles. The monoisotopic (exact) mass is 209 g/mol. The molecule has 2 unspecified atom stereocenters. The summed E-state index contributed by atoms with van der Waals surface area (Å²) in [5.41, 5.74) is 0. The fourth-order valence-electron chi connectivity index (χ4n) is 1.43. The molecule has 0 nitrogen and oxygen atoms in total. The molecule has 0 amide bonds. The molecule has 1 heteroatoms. The van der Waals surface area contributed by atoms with Crippen molar-refractivity contribution in [2.45, 2.75) is 27.6 Å². The first-order valence-corrected chi connectivity index (χ1v) is 5.47. The summed E-state index contributed by atoms with van der Waals surface area (Å²) in [6.45, 7) is 2.40. The Kier molecular flexibility index (Phi) is 0.895. The van der Waals surface area contributed by atoms with Gasteiger partial charge in [0.1, 0.15) is 0 Å². The summed E-state index contributed by atoms with van der Waals surface area (Å²) >= 11 is 0.771. The van der Waals surface area contributed by atoms with Crippen molar-refractivity contribution in [1.82, 2.24) is 0 Å². The van der Waals surface area contributed by atoms with Crippen molar-refractivity contribution in [1.29, 1.82) is 0 Å². The van der Waals surface area contributed by atoms with Gasteiger partial charge in [0.05, 0.1) is 0 Å². The van der Waals surface area contributed by atoms with Crippen LogP contribution in [-0.2, 0) is 0 Å². The van der Waals surface area contributed by atoms with E-state index in [0.29, 0.717) is 0 Å². The fraction of sp³-hybridized carbons (Fsp3) is 1.00. The second-order valence-electron chi connectivity index (χ2n) is 2.73. The van der Waals surface area contributed by atoms with Crippen molar-refractivity contribution in [3.8, 4) is 0 Å². The zero-order valence-corrected chi connectivity index (χ0v) is 6.68. The van der Waals surface area contributed by atoms with Crippen LogP contribution in [0.15, 0.2) is 0 Å². The maximum absolute atomic E-state index is 2.40. The normalized spacial score (nSPS) is 58.1. The Balaban J connectivity index is 2.02. The molecule has 2 rings (SSSR count). The molecule has 0 N–H and O–H groups in total. The van der Waals surface area contributed by atoms with E-state index in [2.05, 4.69) is 6.92 Å². The van der Waals surface area contributed by atoms with E-state index in [4.69, 9.17) is 0 Å². The zero-order chi connectivity index (χ0) is 4.85. The van der Waals surface area contributed by atoms with E-state index < -0.39 is 0 Å². The molecule has 0 aromatic carbocycles. The van der Waals surface area contributed by atoms with Gasteiger partial charge in [-0.15, -0.1) is 0 Å². The van der Waals surface area contributed by atoms with E-state index in [1.54, 1.807) is 12.8 Å². The third kappa shape index (κ3) is 0.694. The molecule has 0 radical (unpaired) electrons. The standard InChI is InChI=1S/C6H10I/c1-4-2-5-6(3-4)7-5/h4-6H,2-3H2,1H3/q-1/t4?,5-,6?/m1/s1. The van der Waals surface area contributed by atoms with Gasteiger partial charge >= 0.3 is 54.7 Å². The van der Waals surface area contributed by atoms with Gasteiger partial charge in [-0.2, -0.15) is 0 Å². The van der Waals surface area contributed by atoms with E-state index in [1.165, 1.54) is 7.85 Å². The molecule has 1 aliphatic heterocycles. The van der Waals surface area contributed by atoms with Crippen LogP contribution < -0.4 is 21.2 Å². The van der Waals surface area contributed by atoms with Crippen LogP contribution in [0.3, 0.4) is 0 Å². The Morgan fingerprint density at radius 3 is 2.14 bits per heavy atom. The summed E-state index contributed by atoms with van der Waals surface area (Å²) < 4.78 is 2.60. The molecular formula is C6H10I-. The summed E-state index contributed by atoms with van der Waals surface area (Å²) in [6.07, 6.45) is 3.19. The molecule has 3 atom stereocenters. The summed E-state index contributed by atoms with van der Waals surface area (Å²) in [4.78, 5) is 0. The summed E-state index contributed by atoms with van der Waals surface area (Å²) in [5.74, 6) is 1.10. The van der Waals surface area contributed by atoms with Crippen molar-refractivity contribution in [3.63, 3.8) is 0 Å². The van der Waals surface area contributed by atoms with Gasteiger partial charge in [0.2, 0.25) is 0 Å². The Morgan fingerprint density at radius 1 is 1.29 bits per heavy atom. The van der Waals surface area contributed by atoms with E-state index in [0.717, 1.165) is 27.1 Å². The average Bonchev–Trinajstić information content (AvgIpc) is 2.15. The average molecular weight is 209 g/mol. The van der Waals surface area contributed by atoms with Crippen LogP contribution in [0.4, 0.5) is 0 Å². The van der Waals surface area contributed by atoms with E-state index >= 15 is 0 Å². The van der Waals surface area contributed by atoms with Gasteiger partial charge in [-0.05, 0) is 0 Å². The van der Waals surface area contributed by atoms with E-state index in [9.17, 15) is 0 Å². The second-order valence-corrected chi connectivity index (χ2v) is 6.65. The third-order valence-electron chi connectivity index (χ3n) is 1.90. The Morgan fingerprint density at radius 2 is 1.86 bits per heavy atom. The Labute approximate surface area is 54.9 Å². The minimum atomic E-state index is 0.771. The van der Waals surface area contributed by atoms with Crippen LogP contribution in [0.25, 0.3) is 0 Å². The molecule has 1 saturated heterocycles. The number of alkyl halides is 2. The van der Waals surface area contributed by atoms with E-state index in [1.807, 2.05) is 0 Å². The number of rotatable bonds is 0. The third-order valence-corrected chi connectivity index (χ3v) is 5.67. The van der Waals surface area contributed by atoms with Gasteiger partial charge in [0.15, 0.2) is 0 Å². The van der Waals surface area contributed by atoms with Crippen LogP contribution in [0.5, 0.6) is 0 Å². The zero-order valence-electron chi connectivity index (χ0n) is 4.52. The molecule has 42 valence electrons. The molecule has 0 aromatic rings. The molecule has 0 aromatic heterocycles. The van der Waals surface area contributed by atoms with Crippen molar-refractivity contribution >= 4 is 0 Å². The first kappa shape index (κ1) is 4.59. The number of hydrogen-bond acceptors (Lipinski definition) is 0. The van der Waals surface area contributed by atoms with Gasteiger partial charge in [0, 0.05) is 0 Å². The number of halogens is 1. The molecule has 2 fully saturated rings. The van der Waals surface area contributed by atoms with Crippen LogP contribution in [-0.4, -0.2) is 7.85 Å². The van der Waals surface area contributed by atoms with Crippen LogP contribution in [0, 0.1) is 5.92 Å². The van der Waals surface area contributed by atoms with Crippen LogP contribution in [0.2, 0.25) is 0 Å². The maximum atomic E-state index is 2.40. The second kappa shape index (κ2) is 1.36. The van der Waals surface area contributed by atoms with Crippen LogP contribution >= 0.6 is 0 Å². The van der Waals surface area contributed by atoms with Gasteiger partial charge in [-0.1, -0.05) is 0 Å². The fourth-order valence-corrected chi connectivity index (χ4v) is 5.29. The van der Waals surface area contributed by atoms with E-state index in [-0.39, 0.29) is 0 Å². The quantitative estimate of drug-likeness (QED) is 0.328. The first-order valence-electron chi connectivity index (χ1n) is 2.98. The SMILES string of the molecule is CC1CC2[I-][C@@H]2C1. The van der Waals surface area contributed by atoms with Gasteiger partial charge in [-0.3, -0.25) is 0 Å². The van der Waals surface area contributed by atoms with Crippen molar-refractivity contribution in [2.75, 3.05) is 0 Å². The van der Waals surface area contributed by atoms with Gasteiger partial charge in [0.25, 0.3) is 0 Å². The van der Waals surface area contributed by atoms with Crippen molar-refractivity contribution in [2.24, 2.45) is 5.92 Å². The number of hydrogen-bond donors (Lipinski definition) is 0. The summed E-state index contributed by atoms with van der Waals surface area (Å²) in [7, 11) is 0. The Hall–Kier alpha value is 0.730. The van der Waals surface area contributed by atoms with Gasteiger partial charge in [-0.25, -0.2) is 0 Å². The predicted octanol–water partition coefficient (Wildman–Crippen LogP) is -1.74. The van der Waals surface area contributed by atoms with Crippen LogP contribution in [0.1, 0.15) is 19.8 Å². The minimum absolute atomic E-state index is 0.771. The number of fused-ring (bicyclic) bond motifs is 1. The first-order chi connectivity index (χ1) is 3.36. The summed E-state index contributed by atoms with van der Waals surface area (Å²) in [5, 5.41) is 0. The molecular weight excluding hydrogens is 199 g/mol. The molecule has 0 spiro atoms. The topological polar surface area (TPSA) is 0 Å². The molecule has 2 aliphatic rings. The van der Waals surface area contributed by atoms with Crippen molar-refractivity contribution < 1.29 is 21.2 Å². The summed E-state index contributed by atoms with van der Waals surface area (Å²) in [6, 6.07) is 0. The Bertz CT molecular complexity index is 80.2. The predicted molar refractivity (Wildman–Crippen MR) is 26.0 cm³/mol. The molecule has 0 bridgehead atoms. The molecule has 7 heavy (non-hydrogen) atoms. The van der Waals surface area contributed by atoms with Gasteiger partial charge < -0.3 is 0 Å². The molecule has 1 heterocycles. The molecule has 1 saturated carbocycles.